The van der Waals surface area contributed by atoms with Gasteiger partial charge in [-0.25, -0.2) is 8.78 Å². The summed E-state index contributed by atoms with van der Waals surface area (Å²) in [5, 5.41) is 8.77. The maximum Gasteiger partial charge on any atom is 0.303 e. The molecule has 0 spiro atoms. The molecule has 6 heteroatoms. The Balaban J connectivity index is 2.11. The van der Waals surface area contributed by atoms with Gasteiger partial charge in [-0.15, -0.1) is 0 Å². The topological polar surface area (TPSA) is 46.5 Å². The molecule has 0 unspecified atom stereocenters. The number of carbonyl (C=O) groups is 1. The smallest absolute Gasteiger partial charge is 0.303 e. The first-order valence-electron chi connectivity index (χ1n) is 6.45. The van der Waals surface area contributed by atoms with E-state index in [-0.39, 0.29) is 35.6 Å². The van der Waals surface area contributed by atoms with Crippen molar-refractivity contribution in [2.45, 2.75) is 38.0 Å². The molecule has 1 aliphatic heterocycles. The zero-order valence-corrected chi connectivity index (χ0v) is 11.6. The number of benzene rings is 1. The highest BCUT2D eigenvalue weighted by Gasteiger charge is 2.36. The summed E-state index contributed by atoms with van der Waals surface area (Å²) in [5.74, 6) is -3.80. The first-order valence-corrected chi connectivity index (χ1v) is 6.83. The molecule has 0 bridgehead atoms. The van der Waals surface area contributed by atoms with Crippen molar-refractivity contribution in [2.75, 3.05) is 6.61 Å². The second-order valence-corrected chi connectivity index (χ2v) is 5.28. The van der Waals surface area contributed by atoms with Gasteiger partial charge in [-0.05, 0) is 30.5 Å². The summed E-state index contributed by atoms with van der Waals surface area (Å²) in [6.07, 6.45) is 0.448. The number of aliphatic carboxylic acids is 1. The summed E-state index contributed by atoms with van der Waals surface area (Å²) in [4.78, 5) is 10.4. The van der Waals surface area contributed by atoms with Gasteiger partial charge in [0.2, 0.25) is 0 Å². The SMILES string of the molecule is O=C(O)CCCCC(F)(F)c1cc(Cl)cc2c1OCC2. The third-order valence-electron chi connectivity index (χ3n) is 3.27. The lowest BCUT2D eigenvalue weighted by molar-refractivity contribution is -0.137. The normalized spacial score (nSPS) is 13.9. The maximum absolute atomic E-state index is 14.2. The molecule has 1 aromatic rings. The van der Waals surface area contributed by atoms with Crippen LogP contribution in [0.3, 0.4) is 0 Å². The second-order valence-electron chi connectivity index (χ2n) is 4.85. The third kappa shape index (κ3) is 3.39. The Labute approximate surface area is 120 Å². The minimum Gasteiger partial charge on any atom is -0.492 e. The lowest BCUT2D eigenvalue weighted by atomic mass is 9.98. The first-order chi connectivity index (χ1) is 9.40. The fraction of sp³-hybridized carbons (Fsp3) is 0.500. The van der Waals surface area contributed by atoms with Crippen LogP contribution in [-0.4, -0.2) is 17.7 Å². The van der Waals surface area contributed by atoms with E-state index in [1.165, 1.54) is 6.07 Å². The van der Waals surface area contributed by atoms with Crippen molar-refractivity contribution in [1.29, 1.82) is 0 Å². The number of rotatable bonds is 6. The molecule has 1 aliphatic rings. The average molecular weight is 305 g/mol. The molecular formula is C14H15ClF2O3. The highest BCUT2D eigenvalue weighted by molar-refractivity contribution is 6.30. The minimum absolute atomic E-state index is 0.0970. The molecule has 0 aliphatic carbocycles. The maximum atomic E-state index is 14.2. The summed E-state index contributed by atoms with van der Waals surface area (Å²) in [6.45, 7) is 0.387. The summed E-state index contributed by atoms with van der Waals surface area (Å²) in [7, 11) is 0. The van der Waals surface area contributed by atoms with Gasteiger partial charge in [0.15, 0.2) is 0 Å². The summed E-state index contributed by atoms with van der Waals surface area (Å²) < 4.78 is 33.7. The van der Waals surface area contributed by atoms with Crippen LogP contribution in [-0.2, 0) is 17.1 Å². The monoisotopic (exact) mass is 304 g/mol. The van der Waals surface area contributed by atoms with Crippen molar-refractivity contribution in [2.24, 2.45) is 0 Å². The first kappa shape index (κ1) is 15.0. The molecule has 0 atom stereocenters. The summed E-state index contributed by atoms with van der Waals surface area (Å²) >= 11 is 5.87. The van der Waals surface area contributed by atoms with Gasteiger partial charge < -0.3 is 9.84 Å². The predicted octanol–water partition coefficient (Wildman–Crippen LogP) is 4.01. The Morgan fingerprint density at radius 1 is 1.40 bits per heavy atom. The van der Waals surface area contributed by atoms with Crippen molar-refractivity contribution in [1.82, 2.24) is 0 Å². The number of carboxylic acids is 1. The van der Waals surface area contributed by atoms with Gasteiger partial charge in [0.25, 0.3) is 5.92 Å². The highest BCUT2D eigenvalue weighted by Crippen LogP contribution is 2.44. The van der Waals surface area contributed by atoms with Crippen LogP contribution in [0.1, 0.15) is 36.8 Å². The molecule has 2 rings (SSSR count). The zero-order valence-electron chi connectivity index (χ0n) is 10.8. The third-order valence-corrected chi connectivity index (χ3v) is 3.49. The molecule has 0 aromatic heterocycles. The Morgan fingerprint density at radius 3 is 2.85 bits per heavy atom. The van der Waals surface area contributed by atoms with Gasteiger partial charge in [0.1, 0.15) is 5.75 Å². The fourth-order valence-corrected chi connectivity index (χ4v) is 2.54. The molecule has 0 saturated carbocycles. The van der Waals surface area contributed by atoms with Crippen LogP contribution in [0, 0.1) is 0 Å². The van der Waals surface area contributed by atoms with E-state index >= 15 is 0 Å². The van der Waals surface area contributed by atoms with Crippen molar-refractivity contribution in [3.05, 3.63) is 28.3 Å². The Morgan fingerprint density at radius 2 is 2.15 bits per heavy atom. The largest absolute Gasteiger partial charge is 0.492 e. The standard InChI is InChI=1S/C14H15ClF2O3/c15-10-7-9-4-6-20-13(9)11(8-10)14(16,17)5-2-1-3-12(18)19/h7-8H,1-6H2,(H,18,19). The van der Waals surface area contributed by atoms with E-state index in [0.717, 1.165) is 0 Å². The van der Waals surface area contributed by atoms with Crippen molar-refractivity contribution in [3.8, 4) is 5.75 Å². The van der Waals surface area contributed by atoms with E-state index in [0.29, 0.717) is 18.6 Å². The number of alkyl halides is 2. The highest BCUT2D eigenvalue weighted by atomic mass is 35.5. The molecule has 0 fully saturated rings. The van der Waals surface area contributed by atoms with Crippen molar-refractivity contribution in [3.63, 3.8) is 0 Å². The molecule has 1 heterocycles. The van der Waals surface area contributed by atoms with Gasteiger partial charge in [0.05, 0.1) is 12.2 Å². The molecule has 1 aromatic carbocycles. The van der Waals surface area contributed by atoms with E-state index in [9.17, 15) is 13.6 Å². The number of halogens is 3. The minimum atomic E-state index is -3.06. The number of hydrogen-bond acceptors (Lipinski definition) is 2. The Bertz CT molecular complexity index is 517. The van der Waals surface area contributed by atoms with E-state index in [1.807, 2.05) is 0 Å². The van der Waals surface area contributed by atoms with Crippen LogP contribution in [0.2, 0.25) is 5.02 Å². The van der Waals surface area contributed by atoms with Crippen LogP contribution in [0.15, 0.2) is 12.1 Å². The molecule has 0 saturated heterocycles. The van der Waals surface area contributed by atoms with E-state index in [4.69, 9.17) is 21.4 Å². The van der Waals surface area contributed by atoms with Crippen molar-refractivity contribution >= 4 is 17.6 Å². The number of hydrogen-bond donors (Lipinski definition) is 1. The average Bonchev–Trinajstić information content (AvgIpc) is 2.81. The van der Waals surface area contributed by atoms with Crippen LogP contribution >= 0.6 is 11.6 Å². The molecule has 0 radical (unpaired) electrons. The Hall–Kier alpha value is -1.36. The zero-order chi connectivity index (χ0) is 14.8. The molecule has 3 nitrogen and oxygen atoms in total. The van der Waals surface area contributed by atoms with E-state index in [1.54, 1.807) is 6.07 Å². The number of fused-ring (bicyclic) bond motifs is 1. The lowest BCUT2D eigenvalue weighted by Gasteiger charge is -2.19. The summed E-state index contributed by atoms with van der Waals surface area (Å²) in [6, 6.07) is 2.89. The number of carboxylic acid groups (broad SMARTS) is 1. The van der Waals surface area contributed by atoms with Gasteiger partial charge in [0, 0.05) is 24.3 Å². The lowest BCUT2D eigenvalue weighted by Crippen LogP contribution is -2.15. The molecular weight excluding hydrogens is 290 g/mol. The quantitative estimate of drug-likeness (QED) is 0.808. The predicted molar refractivity (Wildman–Crippen MR) is 70.6 cm³/mol. The molecule has 0 amide bonds. The van der Waals surface area contributed by atoms with Crippen LogP contribution in [0.5, 0.6) is 5.75 Å². The van der Waals surface area contributed by atoms with Gasteiger partial charge >= 0.3 is 5.97 Å². The van der Waals surface area contributed by atoms with E-state index in [2.05, 4.69) is 0 Å². The fourth-order valence-electron chi connectivity index (χ4n) is 2.30. The summed E-state index contributed by atoms with van der Waals surface area (Å²) in [5.41, 5.74) is 0.519. The van der Waals surface area contributed by atoms with Gasteiger partial charge in [-0.1, -0.05) is 11.6 Å². The molecule has 20 heavy (non-hydrogen) atoms. The second kappa shape index (κ2) is 5.95. The molecule has 1 N–H and O–H groups in total. The van der Waals surface area contributed by atoms with E-state index < -0.39 is 18.3 Å². The van der Waals surface area contributed by atoms with Gasteiger partial charge in [-0.3, -0.25) is 4.79 Å². The van der Waals surface area contributed by atoms with Crippen molar-refractivity contribution < 1.29 is 23.4 Å². The van der Waals surface area contributed by atoms with Gasteiger partial charge in [-0.2, -0.15) is 0 Å². The number of unbranched alkanes of at least 4 members (excludes halogenated alkanes) is 1. The van der Waals surface area contributed by atoms with Crippen LogP contribution < -0.4 is 4.74 Å². The molecule has 110 valence electrons. The Kier molecular flexibility index (Phi) is 4.48. The van der Waals surface area contributed by atoms with Crippen LogP contribution in [0.25, 0.3) is 0 Å². The van der Waals surface area contributed by atoms with Crippen LogP contribution in [0.4, 0.5) is 8.78 Å². The number of ether oxygens (including phenoxy) is 1.